The topological polar surface area (TPSA) is 118 Å². The van der Waals surface area contributed by atoms with Gasteiger partial charge in [0.15, 0.2) is 5.65 Å². The van der Waals surface area contributed by atoms with E-state index in [0.29, 0.717) is 17.8 Å². The van der Waals surface area contributed by atoms with Crippen LogP contribution in [-0.4, -0.2) is 73.1 Å². The van der Waals surface area contributed by atoms with Gasteiger partial charge in [-0.25, -0.2) is 19.9 Å². The van der Waals surface area contributed by atoms with Crippen molar-refractivity contribution in [2.75, 3.05) is 31.9 Å². The van der Waals surface area contributed by atoms with Crippen LogP contribution in [0.5, 0.6) is 0 Å². The molecule has 10 heteroatoms. The Morgan fingerprint density at radius 3 is 2.55 bits per heavy atom. The number of likely N-dealkylation sites (tertiary alicyclic amines) is 2. The molecule has 2 unspecified atom stereocenters. The zero-order valence-corrected chi connectivity index (χ0v) is 23.7. The van der Waals surface area contributed by atoms with E-state index in [0.717, 1.165) is 87.4 Å². The summed E-state index contributed by atoms with van der Waals surface area (Å²) in [5, 5.41) is 0. The minimum absolute atomic E-state index is 0.0872. The SMILES string of the molecule is C=NC(CC(C)/C=C\C)c1nc2cccnc2n1C1CCN(C(=O)C2CCN(Cc3cnc(N)nc3)CC2)CC1. The second-order valence-electron chi connectivity index (χ2n) is 11.2. The lowest BCUT2D eigenvalue weighted by molar-refractivity contribution is -0.138. The van der Waals surface area contributed by atoms with Crippen LogP contribution in [-0.2, 0) is 11.3 Å². The van der Waals surface area contributed by atoms with Crippen LogP contribution in [0.4, 0.5) is 5.95 Å². The molecule has 3 aromatic heterocycles. The Hall–Kier alpha value is -3.66. The first-order chi connectivity index (χ1) is 19.5. The highest BCUT2D eigenvalue weighted by atomic mass is 16.2. The Bertz CT molecular complexity index is 1320. The molecule has 2 fully saturated rings. The number of aliphatic imine (C=N–C) groups is 1. The van der Waals surface area contributed by atoms with Crippen LogP contribution in [0.25, 0.3) is 11.2 Å². The number of piperidine rings is 2. The van der Waals surface area contributed by atoms with Gasteiger partial charge in [0.2, 0.25) is 11.9 Å². The fourth-order valence-electron chi connectivity index (χ4n) is 6.21. The number of nitrogen functional groups attached to an aromatic ring is 1. The molecule has 1 amide bonds. The van der Waals surface area contributed by atoms with E-state index in [2.05, 4.69) is 55.1 Å². The maximum Gasteiger partial charge on any atom is 0.225 e. The number of rotatable bonds is 9. The molecule has 0 aliphatic carbocycles. The van der Waals surface area contributed by atoms with Crippen molar-refractivity contribution in [3.05, 3.63) is 54.3 Å². The molecule has 2 saturated heterocycles. The van der Waals surface area contributed by atoms with Crippen molar-refractivity contribution >= 4 is 29.7 Å². The lowest BCUT2D eigenvalue weighted by Gasteiger charge is -2.38. The standard InChI is InChI=1S/C30H41N9O/c1-4-6-21(2)17-26(32-3)28-36-25-7-5-12-33-27(25)39(28)24-10-15-38(16-11-24)29(40)23-8-13-37(14-9-23)20-22-18-34-30(31)35-19-22/h4-7,12,18-19,21,23-24,26H,3,8-11,13-17,20H2,1-2H3,(H2,31,34,35)/b6-4-. The number of carbonyl (C=O) groups is 1. The summed E-state index contributed by atoms with van der Waals surface area (Å²) >= 11 is 0. The lowest BCUT2D eigenvalue weighted by Crippen LogP contribution is -2.45. The largest absolute Gasteiger partial charge is 0.368 e. The third kappa shape index (κ3) is 6.22. The molecule has 0 bridgehead atoms. The number of nitrogens with zero attached hydrogens (tertiary/aromatic N) is 8. The number of imidazole rings is 1. The molecular formula is C30H41N9O. The summed E-state index contributed by atoms with van der Waals surface area (Å²) in [6.45, 7) is 12.2. The number of carbonyl (C=O) groups excluding carboxylic acids is 1. The van der Waals surface area contributed by atoms with Crippen molar-refractivity contribution in [2.45, 2.75) is 64.6 Å². The normalized spacial score (nSPS) is 19.3. The van der Waals surface area contributed by atoms with E-state index in [1.54, 1.807) is 12.4 Å². The Morgan fingerprint density at radius 2 is 1.88 bits per heavy atom. The number of allylic oxidation sites excluding steroid dienone is 2. The molecule has 10 nitrogen and oxygen atoms in total. The van der Waals surface area contributed by atoms with E-state index in [-0.39, 0.29) is 18.0 Å². The smallest absolute Gasteiger partial charge is 0.225 e. The van der Waals surface area contributed by atoms with Crippen LogP contribution in [0.2, 0.25) is 0 Å². The molecule has 212 valence electrons. The molecular weight excluding hydrogens is 502 g/mol. The number of fused-ring (bicyclic) bond motifs is 1. The van der Waals surface area contributed by atoms with Crippen molar-refractivity contribution in [3.63, 3.8) is 0 Å². The molecule has 2 aliphatic heterocycles. The molecule has 0 aromatic carbocycles. The molecule has 40 heavy (non-hydrogen) atoms. The Balaban J connectivity index is 1.21. The molecule has 0 spiro atoms. The van der Waals surface area contributed by atoms with Crippen molar-refractivity contribution in [3.8, 4) is 0 Å². The van der Waals surface area contributed by atoms with Gasteiger partial charge in [-0.05, 0) is 76.9 Å². The van der Waals surface area contributed by atoms with Gasteiger partial charge in [0.25, 0.3) is 0 Å². The first-order valence-electron chi connectivity index (χ1n) is 14.5. The molecule has 2 N–H and O–H groups in total. The van der Waals surface area contributed by atoms with Gasteiger partial charge < -0.3 is 15.2 Å². The van der Waals surface area contributed by atoms with E-state index in [9.17, 15) is 4.79 Å². The molecule has 0 saturated carbocycles. The average molecular weight is 544 g/mol. The van der Waals surface area contributed by atoms with Crippen molar-refractivity contribution in [1.82, 2.24) is 34.3 Å². The summed E-state index contributed by atoms with van der Waals surface area (Å²) in [5.74, 6) is 1.98. The zero-order chi connectivity index (χ0) is 28.1. The number of hydrogen-bond donors (Lipinski definition) is 1. The molecule has 5 rings (SSSR count). The van der Waals surface area contributed by atoms with E-state index in [1.807, 2.05) is 25.3 Å². The van der Waals surface area contributed by atoms with Gasteiger partial charge in [-0.1, -0.05) is 19.1 Å². The van der Waals surface area contributed by atoms with Gasteiger partial charge in [-0.2, -0.15) is 0 Å². The van der Waals surface area contributed by atoms with Crippen LogP contribution < -0.4 is 5.73 Å². The van der Waals surface area contributed by atoms with Gasteiger partial charge in [0, 0.05) is 55.7 Å². The summed E-state index contributed by atoms with van der Waals surface area (Å²) in [6.07, 6.45) is 14.0. The summed E-state index contributed by atoms with van der Waals surface area (Å²) < 4.78 is 2.29. The maximum atomic E-state index is 13.5. The summed E-state index contributed by atoms with van der Waals surface area (Å²) in [5.41, 5.74) is 8.44. The summed E-state index contributed by atoms with van der Waals surface area (Å²) in [6, 6.07) is 4.07. The van der Waals surface area contributed by atoms with E-state index < -0.39 is 0 Å². The predicted octanol–water partition coefficient (Wildman–Crippen LogP) is 4.22. The fraction of sp³-hybridized carbons (Fsp3) is 0.533. The Kier molecular flexibility index (Phi) is 8.84. The third-order valence-electron chi connectivity index (χ3n) is 8.32. The van der Waals surface area contributed by atoms with Gasteiger partial charge >= 0.3 is 0 Å². The minimum Gasteiger partial charge on any atom is -0.368 e. The second-order valence-corrected chi connectivity index (χ2v) is 11.2. The zero-order valence-electron chi connectivity index (χ0n) is 23.7. The highest BCUT2D eigenvalue weighted by Crippen LogP contribution is 2.34. The van der Waals surface area contributed by atoms with Gasteiger partial charge in [-0.15, -0.1) is 0 Å². The maximum absolute atomic E-state index is 13.5. The number of hydrogen-bond acceptors (Lipinski definition) is 8. The lowest BCUT2D eigenvalue weighted by atomic mass is 9.93. The number of anilines is 1. The summed E-state index contributed by atoms with van der Waals surface area (Å²) in [7, 11) is 0. The number of pyridine rings is 1. The summed E-state index contributed by atoms with van der Waals surface area (Å²) in [4.78, 5) is 40.3. The van der Waals surface area contributed by atoms with Gasteiger partial charge in [0.05, 0.1) is 0 Å². The van der Waals surface area contributed by atoms with Gasteiger partial charge in [0.1, 0.15) is 17.4 Å². The second kappa shape index (κ2) is 12.7. The predicted molar refractivity (Wildman–Crippen MR) is 158 cm³/mol. The van der Waals surface area contributed by atoms with E-state index >= 15 is 0 Å². The first-order valence-corrected chi connectivity index (χ1v) is 14.5. The van der Waals surface area contributed by atoms with Gasteiger partial charge in [-0.3, -0.25) is 14.7 Å². The van der Waals surface area contributed by atoms with Crippen LogP contribution in [0.1, 0.15) is 69.4 Å². The van der Waals surface area contributed by atoms with Crippen LogP contribution in [0, 0.1) is 11.8 Å². The van der Waals surface area contributed by atoms with Crippen molar-refractivity contribution in [1.29, 1.82) is 0 Å². The van der Waals surface area contributed by atoms with Crippen molar-refractivity contribution in [2.24, 2.45) is 16.8 Å². The fourth-order valence-corrected chi connectivity index (χ4v) is 6.21. The Labute approximate surface area is 236 Å². The van der Waals surface area contributed by atoms with Crippen LogP contribution >= 0.6 is 0 Å². The van der Waals surface area contributed by atoms with Crippen molar-refractivity contribution < 1.29 is 4.79 Å². The Morgan fingerprint density at radius 1 is 1.15 bits per heavy atom. The van der Waals surface area contributed by atoms with Crippen LogP contribution in [0.15, 0.2) is 47.9 Å². The monoisotopic (exact) mass is 543 g/mol. The highest BCUT2D eigenvalue weighted by molar-refractivity contribution is 5.79. The molecule has 2 atom stereocenters. The molecule has 3 aromatic rings. The third-order valence-corrected chi connectivity index (χ3v) is 8.32. The number of aromatic nitrogens is 5. The quantitative estimate of drug-likeness (QED) is 0.317. The van der Waals surface area contributed by atoms with E-state index in [1.165, 1.54) is 0 Å². The van der Waals surface area contributed by atoms with E-state index in [4.69, 9.17) is 15.7 Å². The van der Waals surface area contributed by atoms with Crippen LogP contribution in [0.3, 0.4) is 0 Å². The first kappa shape index (κ1) is 27.9. The average Bonchev–Trinajstić information content (AvgIpc) is 3.37. The highest BCUT2D eigenvalue weighted by Gasteiger charge is 2.33. The number of nitrogens with two attached hydrogens (primary N) is 1. The number of amides is 1. The molecule has 2 aliphatic rings. The molecule has 5 heterocycles. The minimum atomic E-state index is -0.106. The molecule has 0 radical (unpaired) electrons.